The van der Waals surface area contributed by atoms with Crippen molar-refractivity contribution in [3.8, 4) is 0 Å². The van der Waals surface area contributed by atoms with Crippen LogP contribution in [0.15, 0.2) is 89.9 Å². The van der Waals surface area contributed by atoms with Gasteiger partial charge in [-0.3, -0.25) is 20.1 Å². The fourth-order valence-electron chi connectivity index (χ4n) is 5.14. The van der Waals surface area contributed by atoms with E-state index in [1.54, 1.807) is 59.8 Å². The first-order valence-corrected chi connectivity index (χ1v) is 12.0. The van der Waals surface area contributed by atoms with Crippen LogP contribution in [0, 0.1) is 16.6 Å². The summed E-state index contributed by atoms with van der Waals surface area (Å²) < 4.78 is 13.9. The summed E-state index contributed by atoms with van der Waals surface area (Å²) in [6, 6.07) is 16.1. The zero-order valence-electron chi connectivity index (χ0n) is 19.9. The second-order valence-corrected chi connectivity index (χ2v) is 10.4. The summed E-state index contributed by atoms with van der Waals surface area (Å²) in [6.07, 6.45) is 4.16. The number of carbonyl (C=O) groups is 1. The van der Waals surface area contributed by atoms with E-state index in [0.29, 0.717) is 45.9 Å². The second kappa shape index (κ2) is 9.03. The number of aromatic nitrogens is 1. The largest absolute Gasteiger partial charge is 0.507 e. The molecule has 0 saturated carbocycles. The van der Waals surface area contributed by atoms with Gasteiger partial charge in [-0.1, -0.05) is 37.6 Å². The van der Waals surface area contributed by atoms with Crippen molar-refractivity contribution < 1.29 is 14.3 Å². The molecule has 0 amide bonds. The van der Waals surface area contributed by atoms with E-state index in [2.05, 4.69) is 4.98 Å². The molecule has 5 rings (SSSR count). The smallest absolute Gasteiger partial charge is 0.162 e. The highest BCUT2D eigenvalue weighted by molar-refractivity contribution is 6.30. The van der Waals surface area contributed by atoms with E-state index < -0.39 is 11.7 Å². The Kier molecular flexibility index (Phi) is 6.00. The number of amidine groups is 1. The number of nitrogens with zero attached hydrogens (tertiary/aromatic N) is 2. The maximum atomic E-state index is 13.9. The first kappa shape index (κ1) is 23.9. The lowest BCUT2D eigenvalue weighted by Crippen LogP contribution is -2.45. The maximum absolute atomic E-state index is 13.9. The van der Waals surface area contributed by atoms with E-state index in [1.807, 2.05) is 19.9 Å². The Bertz CT molecular complexity index is 1410. The monoisotopic (exact) mass is 501 g/mol. The Morgan fingerprint density at radius 2 is 1.81 bits per heavy atom. The van der Waals surface area contributed by atoms with E-state index in [1.165, 1.54) is 12.1 Å². The number of hydrogen-bond donors (Lipinski definition) is 2. The van der Waals surface area contributed by atoms with Crippen LogP contribution in [0.1, 0.15) is 43.7 Å². The van der Waals surface area contributed by atoms with Gasteiger partial charge in [0.15, 0.2) is 5.78 Å². The number of benzene rings is 2. The van der Waals surface area contributed by atoms with Crippen LogP contribution in [-0.4, -0.2) is 21.7 Å². The van der Waals surface area contributed by atoms with Gasteiger partial charge in [-0.05, 0) is 65.9 Å². The third kappa shape index (κ3) is 4.22. The van der Waals surface area contributed by atoms with Gasteiger partial charge in [-0.25, -0.2) is 4.39 Å². The van der Waals surface area contributed by atoms with Crippen molar-refractivity contribution in [1.29, 1.82) is 5.41 Å². The molecule has 182 valence electrons. The lowest BCUT2D eigenvalue weighted by Gasteiger charge is -2.45. The van der Waals surface area contributed by atoms with Gasteiger partial charge in [0.2, 0.25) is 0 Å². The third-order valence-electron chi connectivity index (χ3n) is 6.70. The average Bonchev–Trinajstić information content (AvgIpc) is 2.84. The van der Waals surface area contributed by atoms with Crippen LogP contribution in [0.25, 0.3) is 5.76 Å². The van der Waals surface area contributed by atoms with Gasteiger partial charge in [-0.15, -0.1) is 0 Å². The highest BCUT2D eigenvalue weighted by atomic mass is 35.5. The molecule has 1 atom stereocenters. The summed E-state index contributed by atoms with van der Waals surface area (Å²) in [5.41, 5.74) is 2.88. The summed E-state index contributed by atoms with van der Waals surface area (Å²) in [5, 5.41) is 21.4. The van der Waals surface area contributed by atoms with Crippen LogP contribution in [0.5, 0.6) is 0 Å². The van der Waals surface area contributed by atoms with Crippen LogP contribution in [0.2, 0.25) is 5.02 Å². The molecular formula is C29H25ClFN3O2. The summed E-state index contributed by atoms with van der Waals surface area (Å²) in [5.74, 6) is -1.30. The summed E-state index contributed by atoms with van der Waals surface area (Å²) in [7, 11) is 0. The lowest BCUT2D eigenvalue weighted by molar-refractivity contribution is -0.118. The van der Waals surface area contributed by atoms with Gasteiger partial charge in [0.25, 0.3) is 0 Å². The van der Waals surface area contributed by atoms with E-state index >= 15 is 0 Å². The van der Waals surface area contributed by atoms with Gasteiger partial charge in [0.1, 0.15) is 17.4 Å². The van der Waals surface area contributed by atoms with E-state index in [0.717, 1.165) is 0 Å². The Morgan fingerprint density at radius 1 is 1.11 bits per heavy atom. The Hall–Kier alpha value is -3.77. The fourth-order valence-corrected chi connectivity index (χ4v) is 5.26. The minimum Gasteiger partial charge on any atom is -0.507 e. The van der Waals surface area contributed by atoms with Crippen molar-refractivity contribution in [2.24, 2.45) is 5.41 Å². The van der Waals surface area contributed by atoms with Crippen LogP contribution >= 0.6 is 11.6 Å². The number of aliphatic hydroxyl groups is 1. The summed E-state index contributed by atoms with van der Waals surface area (Å²) in [4.78, 5) is 19.7. The van der Waals surface area contributed by atoms with Gasteiger partial charge in [0.05, 0.1) is 11.9 Å². The minimum atomic E-state index is -0.736. The van der Waals surface area contributed by atoms with E-state index in [9.17, 15) is 19.7 Å². The van der Waals surface area contributed by atoms with Crippen LogP contribution in [-0.2, 0) is 4.79 Å². The molecule has 2 heterocycles. The zero-order chi connectivity index (χ0) is 25.6. The number of rotatable bonds is 3. The number of allylic oxidation sites excluding steroid dienone is 2. The average molecular weight is 502 g/mol. The number of pyridine rings is 1. The lowest BCUT2D eigenvalue weighted by atomic mass is 9.67. The van der Waals surface area contributed by atoms with Crippen LogP contribution < -0.4 is 4.90 Å². The quantitative estimate of drug-likeness (QED) is 0.376. The van der Waals surface area contributed by atoms with Crippen LogP contribution in [0.4, 0.5) is 10.1 Å². The first-order chi connectivity index (χ1) is 17.2. The molecule has 2 N–H and O–H groups in total. The molecule has 0 fully saturated rings. The highest BCUT2D eigenvalue weighted by Crippen LogP contribution is 2.51. The molecule has 0 bridgehead atoms. The first-order valence-electron chi connectivity index (χ1n) is 11.7. The van der Waals surface area contributed by atoms with Gasteiger partial charge >= 0.3 is 0 Å². The molecule has 7 heteroatoms. The molecule has 0 spiro atoms. The van der Waals surface area contributed by atoms with Gasteiger partial charge in [-0.2, -0.15) is 0 Å². The molecule has 1 aromatic heterocycles. The standard InChI is InChI=1S/C29H25ClFN3O2/c1-29(2)14-22-25(23(35)15-29)24(17-7-11-20(31)12-8-17)26(27(36)18-5-9-19(30)10-6-18)28(32)34(22)21-4-3-13-33-16-21/h3-13,16,24,32,36H,14-15H2,1-2H3/b27-26+,32-28?. The molecule has 2 aromatic carbocycles. The zero-order valence-corrected chi connectivity index (χ0v) is 20.7. The Balaban J connectivity index is 1.84. The number of ketones is 1. The van der Waals surface area contributed by atoms with Crippen molar-refractivity contribution in [1.82, 2.24) is 4.98 Å². The molecule has 36 heavy (non-hydrogen) atoms. The normalized spacial score (nSPS) is 20.9. The minimum absolute atomic E-state index is 0.0361. The number of anilines is 1. The predicted octanol–water partition coefficient (Wildman–Crippen LogP) is 7.07. The SMILES string of the molecule is CC1(C)CC(=O)C2=C(C1)N(c1cccnc1)C(=N)/C(=C(/O)c1ccc(Cl)cc1)C2c1ccc(F)cc1. The molecule has 0 radical (unpaired) electrons. The third-order valence-corrected chi connectivity index (χ3v) is 6.95. The number of hydrogen-bond acceptors (Lipinski definition) is 4. The Morgan fingerprint density at radius 3 is 2.44 bits per heavy atom. The molecule has 3 aromatic rings. The number of aliphatic hydroxyl groups excluding tert-OH is 1. The number of nitrogens with one attached hydrogen (secondary N) is 1. The Labute approximate surface area is 214 Å². The molecule has 1 unspecified atom stereocenters. The number of carbonyl (C=O) groups excluding carboxylic acids is 1. The molecular weight excluding hydrogens is 477 g/mol. The van der Waals surface area contributed by atoms with Crippen molar-refractivity contribution in [2.75, 3.05) is 4.90 Å². The summed E-state index contributed by atoms with van der Waals surface area (Å²) >= 11 is 6.07. The van der Waals surface area contributed by atoms with Crippen LogP contribution in [0.3, 0.4) is 0 Å². The van der Waals surface area contributed by atoms with E-state index in [-0.39, 0.29) is 28.4 Å². The highest BCUT2D eigenvalue weighted by Gasteiger charge is 2.46. The van der Waals surface area contributed by atoms with Gasteiger partial charge < -0.3 is 5.11 Å². The molecule has 1 aliphatic carbocycles. The van der Waals surface area contributed by atoms with Gasteiger partial charge in [0, 0.05) is 46.0 Å². The molecule has 2 aliphatic rings. The molecule has 5 nitrogen and oxygen atoms in total. The van der Waals surface area contributed by atoms with Crippen molar-refractivity contribution in [3.05, 3.63) is 112 Å². The number of Topliss-reactive ketones (excluding diaryl/α,β-unsaturated/α-hetero) is 1. The van der Waals surface area contributed by atoms with Crippen molar-refractivity contribution >= 4 is 34.7 Å². The second-order valence-electron chi connectivity index (χ2n) is 9.95. The van der Waals surface area contributed by atoms with E-state index in [4.69, 9.17) is 11.6 Å². The maximum Gasteiger partial charge on any atom is 0.162 e. The van der Waals surface area contributed by atoms with Crippen molar-refractivity contribution in [3.63, 3.8) is 0 Å². The fraction of sp³-hybridized carbons (Fsp3) is 0.207. The molecule has 1 aliphatic heterocycles. The number of halogens is 2. The van der Waals surface area contributed by atoms with Crippen molar-refractivity contribution in [2.45, 2.75) is 32.6 Å². The topological polar surface area (TPSA) is 77.3 Å². The summed E-state index contributed by atoms with van der Waals surface area (Å²) in [6.45, 7) is 4.06. The molecule has 0 saturated heterocycles. The predicted molar refractivity (Wildman–Crippen MR) is 140 cm³/mol.